The fourth-order valence-corrected chi connectivity index (χ4v) is 3.58. The van der Waals surface area contributed by atoms with Crippen LogP contribution in [0.5, 0.6) is 0 Å². The first-order valence-corrected chi connectivity index (χ1v) is 9.09. The number of pyridine rings is 1. The first kappa shape index (κ1) is 18.4. The molecule has 0 atom stereocenters. The number of nitrogens with zero attached hydrogens (tertiary/aromatic N) is 2. The van der Waals surface area contributed by atoms with Crippen molar-refractivity contribution in [1.29, 1.82) is 0 Å². The van der Waals surface area contributed by atoms with E-state index in [9.17, 15) is 9.59 Å². The fourth-order valence-electron chi connectivity index (χ4n) is 3.58. The maximum absolute atomic E-state index is 12.4. The molecule has 0 aliphatic carbocycles. The lowest BCUT2D eigenvalue weighted by molar-refractivity contribution is 0.0827. The molecule has 0 radical (unpaired) electrons. The number of carbonyl (C=O) groups excluding carboxylic acids is 2. The SMILES string of the molecule is C=Cc1cc(-c2ccc(C(N)=O)c3[nH]c4cc(C(=O)N(C)C)ccc4c23)ccn1. The zero-order valence-corrected chi connectivity index (χ0v) is 16.2. The van der Waals surface area contributed by atoms with Crippen molar-refractivity contribution < 1.29 is 9.59 Å². The van der Waals surface area contributed by atoms with Gasteiger partial charge in [0.05, 0.1) is 16.8 Å². The second kappa shape index (κ2) is 6.91. The van der Waals surface area contributed by atoms with Gasteiger partial charge in [-0.1, -0.05) is 18.7 Å². The van der Waals surface area contributed by atoms with Crippen LogP contribution in [0, 0.1) is 0 Å². The third-order valence-electron chi connectivity index (χ3n) is 4.97. The third-order valence-corrected chi connectivity index (χ3v) is 4.97. The average Bonchev–Trinajstić information content (AvgIpc) is 3.10. The van der Waals surface area contributed by atoms with Gasteiger partial charge in [0.2, 0.25) is 0 Å². The number of amides is 2. The van der Waals surface area contributed by atoms with Gasteiger partial charge in [0, 0.05) is 42.1 Å². The molecule has 2 aromatic heterocycles. The molecular formula is C23H20N4O2. The van der Waals surface area contributed by atoms with Crippen molar-refractivity contribution in [2.75, 3.05) is 14.1 Å². The van der Waals surface area contributed by atoms with E-state index < -0.39 is 5.91 Å². The average molecular weight is 384 g/mol. The molecular weight excluding hydrogens is 364 g/mol. The zero-order chi connectivity index (χ0) is 20.7. The zero-order valence-electron chi connectivity index (χ0n) is 16.2. The largest absolute Gasteiger partial charge is 0.366 e. The van der Waals surface area contributed by atoms with E-state index in [4.69, 9.17) is 5.73 Å². The van der Waals surface area contributed by atoms with Crippen LogP contribution in [0.2, 0.25) is 0 Å². The van der Waals surface area contributed by atoms with Gasteiger partial charge in [-0.05, 0) is 47.5 Å². The van der Waals surface area contributed by atoms with Gasteiger partial charge in [0.1, 0.15) is 0 Å². The summed E-state index contributed by atoms with van der Waals surface area (Å²) in [4.78, 5) is 33.5. The van der Waals surface area contributed by atoms with Crippen LogP contribution in [-0.4, -0.2) is 40.8 Å². The Kier molecular flexibility index (Phi) is 4.39. The summed E-state index contributed by atoms with van der Waals surface area (Å²) in [5, 5.41) is 1.78. The summed E-state index contributed by atoms with van der Waals surface area (Å²) in [6.07, 6.45) is 3.41. The van der Waals surface area contributed by atoms with Gasteiger partial charge in [-0.2, -0.15) is 0 Å². The number of hydrogen-bond donors (Lipinski definition) is 2. The number of H-pyrrole nitrogens is 1. The monoisotopic (exact) mass is 384 g/mol. The fraction of sp³-hybridized carbons (Fsp3) is 0.0870. The minimum absolute atomic E-state index is 0.0920. The van der Waals surface area contributed by atoms with Crippen LogP contribution >= 0.6 is 0 Å². The Morgan fingerprint density at radius 1 is 1.14 bits per heavy atom. The first-order valence-electron chi connectivity index (χ1n) is 9.09. The molecule has 4 aromatic rings. The molecule has 3 N–H and O–H groups in total. The van der Waals surface area contributed by atoms with Crippen LogP contribution in [0.15, 0.2) is 55.2 Å². The van der Waals surface area contributed by atoms with E-state index >= 15 is 0 Å². The maximum Gasteiger partial charge on any atom is 0.253 e. The molecule has 6 heteroatoms. The summed E-state index contributed by atoms with van der Waals surface area (Å²) in [5.74, 6) is -0.607. The topological polar surface area (TPSA) is 92.1 Å². The highest BCUT2D eigenvalue weighted by molar-refractivity contribution is 6.20. The Labute approximate surface area is 167 Å². The minimum atomic E-state index is -0.515. The van der Waals surface area contributed by atoms with E-state index in [1.165, 1.54) is 4.90 Å². The summed E-state index contributed by atoms with van der Waals surface area (Å²) in [6.45, 7) is 3.78. The van der Waals surface area contributed by atoms with Crippen molar-refractivity contribution in [1.82, 2.24) is 14.9 Å². The maximum atomic E-state index is 12.4. The van der Waals surface area contributed by atoms with Crippen molar-refractivity contribution in [3.05, 3.63) is 72.1 Å². The summed E-state index contributed by atoms with van der Waals surface area (Å²) in [7, 11) is 3.42. The lowest BCUT2D eigenvalue weighted by Crippen LogP contribution is -2.21. The standard InChI is InChI=1S/C23H20N4O2/c1-4-15-11-13(9-10-25-15)16-7-8-18(22(24)28)21-20(16)17-6-5-14(12-19(17)26-21)23(29)27(2)3/h4-12,26H,1H2,2-3H3,(H2,24,28). The van der Waals surface area contributed by atoms with Gasteiger partial charge >= 0.3 is 0 Å². The van der Waals surface area contributed by atoms with Crippen LogP contribution in [0.4, 0.5) is 0 Å². The summed E-state index contributed by atoms with van der Waals surface area (Å²) in [5.41, 5.74) is 10.6. The molecule has 0 fully saturated rings. The quantitative estimate of drug-likeness (QED) is 0.560. The molecule has 144 valence electrons. The van der Waals surface area contributed by atoms with Crippen LogP contribution < -0.4 is 5.73 Å². The van der Waals surface area contributed by atoms with E-state index in [0.29, 0.717) is 16.6 Å². The molecule has 4 rings (SSSR count). The molecule has 2 aromatic carbocycles. The lowest BCUT2D eigenvalue weighted by atomic mass is 9.96. The molecule has 0 spiro atoms. The second-order valence-corrected chi connectivity index (χ2v) is 7.03. The van der Waals surface area contributed by atoms with E-state index in [1.807, 2.05) is 24.3 Å². The molecule has 2 amide bonds. The van der Waals surface area contributed by atoms with Crippen LogP contribution in [0.3, 0.4) is 0 Å². The molecule has 0 aliphatic rings. The Hall–Kier alpha value is -3.93. The number of hydrogen-bond acceptors (Lipinski definition) is 3. The van der Waals surface area contributed by atoms with Crippen molar-refractivity contribution in [3.8, 4) is 11.1 Å². The first-order chi connectivity index (χ1) is 13.9. The van der Waals surface area contributed by atoms with Gasteiger partial charge in [-0.25, -0.2) is 0 Å². The molecule has 0 unspecified atom stereocenters. The number of fused-ring (bicyclic) bond motifs is 3. The van der Waals surface area contributed by atoms with Crippen molar-refractivity contribution >= 4 is 39.7 Å². The van der Waals surface area contributed by atoms with E-state index in [-0.39, 0.29) is 5.91 Å². The minimum Gasteiger partial charge on any atom is -0.366 e. The van der Waals surface area contributed by atoms with Crippen LogP contribution in [-0.2, 0) is 0 Å². The Balaban J connectivity index is 2.06. The Morgan fingerprint density at radius 2 is 1.93 bits per heavy atom. The van der Waals surface area contributed by atoms with Crippen LogP contribution in [0.25, 0.3) is 39.0 Å². The Bertz CT molecular complexity index is 1300. The van der Waals surface area contributed by atoms with Crippen LogP contribution in [0.1, 0.15) is 26.4 Å². The number of benzene rings is 2. The molecule has 0 bridgehead atoms. The van der Waals surface area contributed by atoms with Crippen molar-refractivity contribution in [2.24, 2.45) is 5.73 Å². The van der Waals surface area contributed by atoms with Crippen molar-refractivity contribution in [3.63, 3.8) is 0 Å². The normalized spacial score (nSPS) is 11.0. The van der Waals surface area contributed by atoms with E-state index in [0.717, 1.165) is 33.1 Å². The number of nitrogens with two attached hydrogens (primary N) is 1. The molecule has 0 aliphatic heterocycles. The number of aromatic nitrogens is 2. The molecule has 2 heterocycles. The number of nitrogens with one attached hydrogen (secondary N) is 1. The van der Waals surface area contributed by atoms with Gasteiger partial charge in [0.15, 0.2) is 0 Å². The third kappa shape index (κ3) is 3.04. The van der Waals surface area contributed by atoms with Gasteiger partial charge < -0.3 is 15.6 Å². The smallest absolute Gasteiger partial charge is 0.253 e. The number of aromatic amines is 1. The highest BCUT2D eigenvalue weighted by Crippen LogP contribution is 2.37. The van der Waals surface area contributed by atoms with E-state index in [2.05, 4.69) is 16.5 Å². The molecule has 0 saturated heterocycles. The Morgan fingerprint density at radius 3 is 2.62 bits per heavy atom. The molecule has 6 nitrogen and oxygen atoms in total. The molecule has 29 heavy (non-hydrogen) atoms. The number of rotatable bonds is 4. The summed E-state index contributed by atoms with van der Waals surface area (Å²) < 4.78 is 0. The van der Waals surface area contributed by atoms with Gasteiger partial charge in [-0.15, -0.1) is 0 Å². The van der Waals surface area contributed by atoms with Gasteiger partial charge in [0.25, 0.3) is 11.8 Å². The number of carbonyl (C=O) groups is 2. The van der Waals surface area contributed by atoms with E-state index in [1.54, 1.807) is 44.6 Å². The number of primary amides is 1. The van der Waals surface area contributed by atoms with Gasteiger partial charge in [-0.3, -0.25) is 14.6 Å². The highest BCUT2D eigenvalue weighted by Gasteiger charge is 2.18. The molecule has 0 saturated carbocycles. The summed E-state index contributed by atoms with van der Waals surface area (Å²) in [6, 6.07) is 12.9. The highest BCUT2D eigenvalue weighted by atomic mass is 16.2. The predicted octanol–water partition coefficient (Wildman–Crippen LogP) is 3.83. The lowest BCUT2D eigenvalue weighted by Gasteiger charge is -2.10. The predicted molar refractivity (Wildman–Crippen MR) is 116 cm³/mol. The van der Waals surface area contributed by atoms with Crippen molar-refractivity contribution in [2.45, 2.75) is 0 Å². The summed E-state index contributed by atoms with van der Waals surface area (Å²) >= 11 is 0. The second-order valence-electron chi connectivity index (χ2n) is 7.03.